The van der Waals surface area contributed by atoms with Crippen LogP contribution in [0.4, 0.5) is 0 Å². The molecular weight excluding hydrogens is 146 g/mol. The van der Waals surface area contributed by atoms with Gasteiger partial charge in [-0.15, -0.1) is 0 Å². The van der Waals surface area contributed by atoms with Gasteiger partial charge in [-0.3, -0.25) is 0 Å². The highest BCUT2D eigenvalue weighted by Crippen LogP contribution is 2.58. The lowest BCUT2D eigenvalue weighted by Crippen LogP contribution is -2.47. The van der Waals surface area contributed by atoms with Gasteiger partial charge in [-0.1, -0.05) is 20.8 Å². The molecule has 1 heteroatoms. The summed E-state index contributed by atoms with van der Waals surface area (Å²) in [6.45, 7) is 7.08. The van der Waals surface area contributed by atoms with Crippen molar-refractivity contribution in [2.24, 2.45) is 28.9 Å². The Hall–Kier alpha value is -0.0400. The van der Waals surface area contributed by atoms with Crippen LogP contribution in [0.2, 0.25) is 0 Å². The Morgan fingerprint density at radius 2 is 2.00 bits per heavy atom. The third-order valence-electron chi connectivity index (χ3n) is 4.82. The van der Waals surface area contributed by atoms with Crippen LogP contribution in [0.1, 0.15) is 40.0 Å². The Balaban J connectivity index is 2.26. The average molecular weight is 167 g/mol. The van der Waals surface area contributed by atoms with E-state index in [0.29, 0.717) is 11.5 Å². The second-order valence-corrected chi connectivity index (χ2v) is 5.32. The highest BCUT2D eigenvalue weighted by atomic mass is 14.8. The average Bonchev–Trinajstić information content (AvgIpc) is 2.55. The topological polar surface area (TPSA) is 26.0 Å². The fourth-order valence-electron chi connectivity index (χ4n) is 3.54. The molecule has 2 bridgehead atoms. The van der Waals surface area contributed by atoms with Crippen LogP contribution in [-0.4, -0.2) is 6.04 Å². The number of hydrogen-bond donors (Lipinski definition) is 1. The second-order valence-electron chi connectivity index (χ2n) is 5.32. The highest BCUT2D eigenvalue weighted by Gasteiger charge is 2.54. The Labute approximate surface area is 75.7 Å². The van der Waals surface area contributed by atoms with Gasteiger partial charge in [0.15, 0.2) is 0 Å². The molecule has 0 unspecified atom stereocenters. The first-order valence-electron chi connectivity index (χ1n) is 5.32. The quantitative estimate of drug-likeness (QED) is 0.637. The van der Waals surface area contributed by atoms with Crippen molar-refractivity contribution in [3.05, 3.63) is 0 Å². The van der Waals surface area contributed by atoms with Crippen LogP contribution >= 0.6 is 0 Å². The molecule has 12 heavy (non-hydrogen) atoms. The zero-order valence-electron chi connectivity index (χ0n) is 8.51. The van der Waals surface area contributed by atoms with Crippen molar-refractivity contribution in [2.75, 3.05) is 0 Å². The number of fused-ring (bicyclic) bond motifs is 2. The number of rotatable bonds is 1. The zero-order valence-corrected chi connectivity index (χ0v) is 8.51. The van der Waals surface area contributed by atoms with Crippen LogP contribution in [-0.2, 0) is 0 Å². The van der Waals surface area contributed by atoms with E-state index in [9.17, 15) is 0 Å². The van der Waals surface area contributed by atoms with Crippen molar-refractivity contribution in [1.29, 1.82) is 0 Å². The summed E-state index contributed by atoms with van der Waals surface area (Å²) in [6.07, 6.45) is 4.25. The second kappa shape index (κ2) is 2.47. The predicted octanol–water partition coefficient (Wildman–Crippen LogP) is 2.41. The van der Waals surface area contributed by atoms with Gasteiger partial charge in [-0.05, 0) is 42.4 Å². The molecule has 0 aromatic carbocycles. The minimum Gasteiger partial charge on any atom is -0.327 e. The molecule has 70 valence electrons. The van der Waals surface area contributed by atoms with E-state index >= 15 is 0 Å². The van der Waals surface area contributed by atoms with Crippen LogP contribution in [0.25, 0.3) is 0 Å². The molecule has 0 amide bonds. The van der Waals surface area contributed by atoms with E-state index in [1.54, 1.807) is 0 Å². The van der Waals surface area contributed by atoms with E-state index in [1.165, 1.54) is 19.3 Å². The van der Waals surface area contributed by atoms with E-state index in [0.717, 1.165) is 17.8 Å². The molecule has 0 spiro atoms. The van der Waals surface area contributed by atoms with Crippen molar-refractivity contribution in [3.8, 4) is 0 Å². The van der Waals surface area contributed by atoms with Gasteiger partial charge in [0.1, 0.15) is 0 Å². The van der Waals surface area contributed by atoms with Crippen molar-refractivity contribution < 1.29 is 0 Å². The zero-order chi connectivity index (χ0) is 8.93. The molecule has 4 atom stereocenters. The molecule has 2 fully saturated rings. The monoisotopic (exact) mass is 167 g/mol. The third kappa shape index (κ3) is 0.834. The van der Waals surface area contributed by atoms with Gasteiger partial charge in [0.05, 0.1) is 0 Å². The molecule has 0 saturated heterocycles. The van der Waals surface area contributed by atoms with E-state index in [1.807, 2.05) is 0 Å². The highest BCUT2D eigenvalue weighted by molar-refractivity contribution is 5.07. The van der Waals surface area contributed by atoms with Gasteiger partial charge in [0, 0.05) is 6.04 Å². The predicted molar refractivity (Wildman–Crippen MR) is 51.8 cm³/mol. The Morgan fingerprint density at radius 1 is 1.33 bits per heavy atom. The smallest absolute Gasteiger partial charge is 0.0127 e. The van der Waals surface area contributed by atoms with Crippen LogP contribution in [0, 0.1) is 23.2 Å². The molecular formula is C11H21N. The first kappa shape index (κ1) is 8.55. The summed E-state index contributed by atoms with van der Waals surface area (Å²) in [4.78, 5) is 0. The first-order chi connectivity index (χ1) is 5.56. The van der Waals surface area contributed by atoms with Crippen LogP contribution in [0.5, 0.6) is 0 Å². The molecule has 0 aromatic heterocycles. The van der Waals surface area contributed by atoms with Crippen LogP contribution in [0.15, 0.2) is 0 Å². The Kier molecular flexibility index (Phi) is 1.76. The first-order valence-corrected chi connectivity index (χ1v) is 5.32. The van der Waals surface area contributed by atoms with Crippen LogP contribution in [0.3, 0.4) is 0 Å². The Bertz CT molecular complexity index is 183. The number of nitrogens with two attached hydrogens (primary N) is 1. The molecule has 0 radical (unpaired) electrons. The van der Waals surface area contributed by atoms with Gasteiger partial charge >= 0.3 is 0 Å². The van der Waals surface area contributed by atoms with E-state index in [-0.39, 0.29) is 0 Å². The van der Waals surface area contributed by atoms with Crippen molar-refractivity contribution in [1.82, 2.24) is 0 Å². The molecule has 0 aliphatic heterocycles. The van der Waals surface area contributed by atoms with E-state index < -0.39 is 0 Å². The fraction of sp³-hybridized carbons (Fsp3) is 1.00. The van der Waals surface area contributed by atoms with Gasteiger partial charge < -0.3 is 5.73 Å². The summed E-state index contributed by atoms with van der Waals surface area (Å²) < 4.78 is 0. The maximum absolute atomic E-state index is 6.30. The summed E-state index contributed by atoms with van der Waals surface area (Å²) in [5, 5.41) is 0. The molecule has 2 N–H and O–H groups in total. The minimum absolute atomic E-state index is 0.447. The largest absolute Gasteiger partial charge is 0.327 e. The molecule has 2 rings (SSSR count). The maximum atomic E-state index is 6.30. The normalized spacial score (nSPS) is 52.2. The van der Waals surface area contributed by atoms with Gasteiger partial charge in [-0.2, -0.15) is 0 Å². The summed E-state index contributed by atoms with van der Waals surface area (Å²) in [5.74, 6) is 2.53. The molecule has 0 aromatic rings. The fourth-order valence-corrected chi connectivity index (χ4v) is 3.54. The molecule has 2 aliphatic carbocycles. The third-order valence-corrected chi connectivity index (χ3v) is 4.82. The summed E-state index contributed by atoms with van der Waals surface area (Å²) in [7, 11) is 0. The molecule has 0 heterocycles. The maximum Gasteiger partial charge on any atom is 0.0127 e. The van der Waals surface area contributed by atoms with Crippen molar-refractivity contribution in [2.45, 2.75) is 46.1 Å². The van der Waals surface area contributed by atoms with Crippen molar-refractivity contribution in [3.63, 3.8) is 0 Å². The standard InChI is InChI=1S/C11H21N/c1-7(2)11(3)9-5-4-8(6-9)10(11)12/h7-10H,4-6,12H2,1-3H3/t8-,9+,10-,11+/m0/s1. The van der Waals surface area contributed by atoms with E-state index in [4.69, 9.17) is 5.73 Å². The molecule has 1 nitrogen and oxygen atoms in total. The van der Waals surface area contributed by atoms with E-state index in [2.05, 4.69) is 20.8 Å². The van der Waals surface area contributed by atoms with Crippen LogP contribution < -0.4 is 5.73 Å². The Morgan fingerprint density at radius 3 is 2.33 bits per heavy atom. The lowest BCUT2D eigenvalue weighted by molar-refractivity contribution is 0.0930. The summed E-state index contributed by atoms with van der Waals surface area (Å²) >= 11 is 0. The molecule has 2 saturated carbocycles. The van der Waals surface area contributed by atoms with Gasteiger partial charge in [-0.25, -0.2) is 0 Å². The van der Waals surface area contributed by atoms with Gasteiger partial charge in [0.2, 0.25) is 0 Å². The lowest BCUT2D eigenvalue weighted by atomic mass is 9.65. The van der Waals surface area contributed by atoms with Crippen molar-refractivity contribution >= 4 is 0 Å². The lowest BCUT2D eigenvalue weighted by Gasteiger charge is -2.42. The number of hydrogen-bond acceptors (Lipinski definition) is 1. The van der Waals surface area contributed by atoms with Gasteiger partial charge in [0.25, 0.3) is 0 Å². The molecule has 2 aliphatic rings. The summed E-state index contributed by atoms with van der Waals surface area (Å²) in [6, 6.07) is 0.483. The minimum atomic E-state index is 0.447. The summed E-state index contributed by atoms with van der Waals surface area (Å²) in [5.41, 5.74) is 6.75. The SMILES string of the molecule is CC(C)[C@]1(C)[C@@H]2CC[C@@H](C2)[C@@H]1N.